The summed E-state index contributed by atoms with van der Waals surface area (Å²) in [5.74, 6) is -0.274. The Balaban J connectivity index is 1.83. The van der Waals surface area contributed by atoms with Gasteiger partial charge in [0.15, 0.2) is 0 Å². The van der Waals surface area contributed by atoms with E-state index in [9.17, 15) is 9.59 Å². The van der Waals surface area contributed by atoms with Crippen molar-refractivity contribution in [2.75, 3.05) is 19.3 Å². The van der Waals surface area contributed by atoms with Crippen LogP contribution in [0, 0.1) is 5.92 Å². The van der Waals surface area contributed by atoms with Crippen LogP contribution < -0.4 is 5.32 Å². The molecule has 0 saturated carbocycles. The molecule has 0 spiro atoms. The number of aliphatic carboxylic acids is 1. The first-order valence-corrected chi connectivity index (χ1v) is 8.82. The number of carbonyl (C=O) groups is 2. The molecule has 1 atom stereocenters. The summed E-state index contributed by atoms with van der Waals surface area (Å²) in [5, 5.41) is 11.9. The Hall–Kier alpha value is -1.69. The standard InChI is InChI=1S/C16H22N2O3S/c1-22-11-13-6-4-12(5-7-13)9-17-16(21)18-8-2-3-14(10-18)15(19)20/h4-7,14H,2-3,8-11H2,1H3,(H,17,21)(H,19,20). The van der Waals surface area contributed by atoms with E-state index in [2.05, 4.69) is 23.7 Å². The van der Waals surface area contributed by atoms with Crippen LogP contribution in [0.5, 0.6) is 0 Å². The minimum atomic E-state index is -0.818. The van der Waals surface area contributed by atoms with Crippen molar-refractivity contribution in [3.63, 3.8) is 0 Å². The van der Waals surface area contributed by atoms with Crippen LogP contribution in [0.15, 0.2) is 24.3 Å². The lowest BCUT2D eigenvalue weighted by Crippen LogP contribution is -2.46. The molecule has 0 radical (unpaired) electrons. The molecule has 1 aromatic rings. The highest BCUT2D eigenvalue weighted by Gasteiger charge is 2.27. The minimum absolute atomic E-state index is 0.181. The predicted molar refractivity (Wildman–Crippen MR) is 87.8 cm³/mol. The monoisotopic (exact) mass is 322 g/mol. The van der Waals surface area contributed by atoms with E-state index in [-0.39, 0.29) is 6.03 Å². The maximum atomic E-state index is 12.1. The first-order chi connectivity index (χ1) is 10.6. The fraction of sp³-hybridized carbons (Fsp3) is 0.500. The lowest BCUT2D eigenvalue weighted by Gasteiger charge is -2.30. The molecule has 0 aromatic heterocycles. The molecule has 1 aromatic carbocycles. The summed E-state index contributed by atoms with van der Waals surface area (Å²) in [4.78, 5) is 24.8. The largest absolute Gasteiger partial charge is 0.481 e. The number of nitrogens with one attached hydrogen (secondary N) is 1. The van der Waals surface area contributed by atoms with Gasteiger partial charge in [-0.2, -0.15) is 11.8 Å². The third-order valence-electron chi connectivity index (χ3n) is 3.84. The molecule has 1 aliphatic heterocycles. The second-order valence-corrected chi connectivity index (χ2v) is 6.40. The SMILES string of the molecule is CSCc1ccc(CNC(=O)N2CCCC(C(=O)O)C2)cc1. The van der Waals surface area contributed by atoms with Crippen LogP contribution in [-0.2, 0) is 17.1 Å². The van der Waals surface area contributed by atoms with Gasteiger partial charge in [-0.1, -0.05) is 24.3 Å². The van der Waals surface area contributed by atoms with Crippen LogP contribution >= 0.6 is 11.8 Å². The second kappa shape index (κ2) is 8.08. The van der Waals surface area contributed by atoms with Gasteiger partial charge in [0.1, 0.15) is 0 Å². The van der Waals surface area contributed by atoms with Crippen molar-refractivity contribution in [2.45, 2.75) is 25.1 Å². The molecule has 2 amide bonds. The van der Waals surface area contributed by atoms with Gasteiger partial charge in [-0.15, -0.1) is 0 Å². The van der Waals surface area contributed by atoms with E-state index >= 15 is 0 Å². The van der Waals surface area contributed by atoms with Crippen molar-refractivity contribution in [2.24, 2.45) is 5.92 Å². The predicted octanol–water partition coefficient (Wildman–Crippen LogP) is 2.56. The van der Waals surface area contributed by atoms with Crippen LogP contribution in [0.4, 0.5) is 4.79 Å². The van der Waals surface area contributed by atoms with Crippen molar-refractivity contribution in [1.82, 2.24) is 10.2 Å². The average molecular weight is 322 g/mol. The fourth-order valence-electron chi connectivity index (χ4n) is 2.57. The Morgan fingerprint density at radius 3 is 2.64 bits per heavy atom. The number of hydrogen-bond acceptors (Lipinski definition) is 3. The molecular formula is C16H22N2O3S. The van der Waals surface area contributed by atoms with Gasteiger partial charge in [0.05, 0.1) is 5.92 Å². The maximum Gasteiger partial charge on any atom is 0.317 e. The van der Waals surface area contributed by atoms with E-state index in [0.29, 0.717) is 26.1 Å². The number of thioether (sulfide) groups is 1. The zero-order valence-corrected chi connectivity index (χ0v) is 13.6. The Labute approximate surface area is 135 Å². The molecule has 2 rings (SSSR count). The quantitative estimate of drug-likeness (QED) is 0.874. The van der Waals surface area contributed by atoms with Crippen molar-refractivity contribution in [1.29, 1.82) is 0 Å². The number of nitrogens with zero attached hydrogens (tertiary/aromatic N) is 1. The summed E-state index contributed by atoms with van der Waals surface area (Å²) >= 11 is 1.78. The molecule has 0 aliphatic carbocycles. The van der Waals surface area contributed by atoms with Crippen LogP contribution in [-0.4, -0.2) is 41.4 Å². The lowest BCUT2D eigenvalue weighted by molar-refractivity contribution is -0.143. The second-order valence-electron chi connectivity index (χ2n) is 5.53. The molecule has 1 unspecified atom stereocenters. The Bertz CT molecular complexity index is 519. The van der Waals surface area contributed by atoms with Crippen molar-refractivity contribution in [3.8, 4) is 0 Å². The number of likely N-dealkylation sites (tertiary alicyclic amines) is 1. The van der Waals surface area contributed by atoms with Crippen molar-refractivity contribution in [3.05, 3.63) is 35.4 Å². The van der Waals surface area contributed by atoms with Crippen molar-refractivity contribution < 1.29 is 14.7 Å². The summed E-state index contributed by atoms with van der Waals surface area (Å²) in [7, 11) is 0. The van der Waals surface area contributed by atoms with E-state index < -0.39 is 11.9 Å². The number of benzene rings is 1. The minimum Gasteiger partial charge on any atom is -0.481 e. The van der Waals surface area contributed by atoms with Crippen LogP contribution in [0.3, 0.4) is 0 Å². The number of urea groups is 1. The first kappa shape index (κ1) is 16.7. The summed E-state index contributed by atoms with van der Waals surface area (Å²) in [6.07, 6.45) is 3.46. The van der Waals surface area contributed by atoms with Gasteiger partial charge in [0.2, 0.25) is 0 Å². The van der Waals surface area contributed by atoms with Gasteiger partial charge in [-0.3, -0.25) is 4.79 Å². The number of carboxylic acids is 1. The van der Waals surface area contributed by atoms with Gasteiger partial charge >= 0.3 is 12.0 Å². The normalized spacial score (nSPS) is 18.0. The smallest absolute Gasteiger partial charge is 0.317 e. The van der Waals surface area contributed by atoms with E-state index in [0.717, 1.165) is 17.7 Å². The molecule has 1 heterocycles. The molecule has 2 N–H and O–H groups in total. The van der Waals surface area contributed by atoms with Gasteiger partial charge < -0.3 is 15.3 Å². The van der Waals surface area contributed by atoms with Crippen LogP contribution in [0.1, 0.15) is 24.0 Å². The third kappa shape index (κ3) is 4.66. The van der Waals surface area contributed by atoms with Crippen molar-refractivity contribution >= 4 is 23.8 Å². The average Bonchev–Trinajstić information content (AvgIpc) is 2.54. The highest BCUT2D eigenvalue weighted by Crippen LogP contribution is 2.16. The molecule has 120 valence electrons. The zero-order chi connectivity index (χ0) is 15.9. The maximum absolute atomic E-state index is 12.1. The Morgan fingerprint density at radius 1 is 1.32 bits per heavy atom. The van der Waals surface area contributed by atoms with Gasteiger partial charge in [-0.25, -0.2) is 4.79 Å². The topological polar surface area (TPSA) is 69.6 Å². The van der Waals surface area contributed by atoms with Gasteiger partial charge in [0.25, 0.3) is 0 Å². The fourth-order valence-corrected chi connectivity index (χ4v) is 3.10. The van der Waals surface area contributed by atoms with E-state index in [1.54, 1.807) is 16.7 Å². The number of piperidine rings is 1. The summed E-state index contributed by atoms with van der Waals surface area (Å²) < 4.78 is 0. The van der Waals surface area contributed by atoms with E-state index in [1.807, 2.05) is 12.1 Å². The van der Waals surface area contributed by atoms with E-state index in [1.165, 1.54) is 5.56 Å². The Kier molecular flexibility index (Phi) is 6.12. The molecule has 1 saturated heterocycles. The first-order valence-electron chi connectivity index (χ1n) is 7.42. The van der Waals surface area contributed by atoms with Gasteiger partial charge in [-0.05, 0) is 30.2 Å². The number of rotatable bonds is 5. The number of amides is 2. The molecule has 0 bridgehead atoms. The van der Waals surface area contributed by atoms with E-state index in [4.69, 9.17) is 5.11 Å². The Morgan fingerprint density at radius 2 is 2.00 bits per heavy atom. The number of hydrogen-bond donors (Lipinski definition) is 2. The van der Waals surface area contributed by atoms with Crippen LogP contribution in [0.25, 0.3) is 0 Å². The lowest BCUT2D eigenvalue weighted by atomic mass is 9.99. The third-order valence-corrected chi connectivity index (χ3v) is 4.46. The molecule has 6 heteroatoms. The molecule has 22 heavy (non-hydrogen) atoms. The van der Waals surface area contributed by atoms with Crippen LogP contribution in [0.2, 0.25) is 0 Å². The van der Waals surface area contributed by atoms with Gasteiger partial charge in [0, 0.05) is 25.4 Å². The molecular weight excluding hydrogens is 300 g/mol. The number of carbonyl (C=O) groups excluding carboxylic acids is 1. The highest BCUT2D eigenvalue weighted by atomic mass is 32.2. The number of carboxylic acid groups (broad SMARTS) is 1. The summed E-state index contributed by atoms with van der Waals surface area (Å²) in [6.45, 7) is 1.39. The zero-order valence-electron chi connectivity index (χ0n) is 12.7. The molecule has 1 aliphatic rings. The molecule has 5 nitrogen and oxygen atoms in total. The summed E-state index contributed by atoms with van der Waals surface area (Å²) in [6, 6.07) is 7.99. The summed E-state index contributed by atoms with van der Waals surface area (Å²) in [5.41, 5.74) is 2.31. The molecule has 1 fully saturated rings. The highest BCUT2D eigenvalue weighted by molar-refractivity contribution is 7.97.